The van der Waals surface area contributed by atoms with Crippen LogP contribution in [0.1, 0.15) is 16.5 Å². The van der Waals surface area contributed by atoms with Crippen LogP contribution in [-0.4, -0.2) is 10.1 Å². The van der Waals surface area contributed by atoms with E-state index in [0.717, 1.165) is 21.3 Å². The van der Waals surface area contributed by atoms with Crippen LogP contribution in [0.3, 0.4) is 0 Å². The maximum absolute atomic E-state index is 10.4. The van der Waals surface area contributed by atoms with Crippen molar-refractivity contribution in [2.45, 2.75) is 6.10 Å². The topological polar surface area (TPSA) is 33.1 Å². The molecule has 3 rings (SSSR count). The summed E-state index contributed by atoms with van der Waals surface area (Å²) >= 11 is 7.36. The van der Waals surface area contributed by atoms with Crippen LogP contribution in [0.25, 0.3) is 10.9 Å². The summed E-state index contributed by atoms with van der Waals surface area (Å²) in [6, 6.07) is 11.4. The Labute approximate surface area is 113 Å². The molecule has 3 aromatic rings. The number of pyridine rings is 1. The number of aliphatic hydroxyl groups excluding tert-OH is 1. The lowest BCUT2D eigenvalue weighted by Gasteiger charge is -2.11. The van der Waals surface area contributed by atoms with Crippen LogP contribution in [0.2, 0.25) is 5.02 Å². The summed E-state index contributed by atoms with van der Waals surface area (Å²) in [5, 5.41) is 13.9. The highest BCUT2D eigenvalue weighted by atomic mass is 35.5. The van der Waals surface area contributed by atoms with Gasteiger partial charge in [0, 0.05) is 21.8 Å². The molecule has 2 heterocycles. The molecular formula is C14H10ClNOS. The lowest BCUT2D eigenvalue weighted by Crippen LogP contribution is -1.98. The maximum atomic E-state index is 10.4. The van der Waals surface area contributed by atoms with Crippen LogP contribution in [0.15, 0.2) is 48.0 Å². The van der Waals surface area contributed by atoms with Crippen molar-refractivity contribution in [1.82, 2.24) is 4.98 Å². The minimum Gasteiger partial charge on any atom is -0.383 e. The summed E-state index contributed by atoms with van der Waals surface area (Å²) in [6.07, 6.45) is 1.09. The molecule has 90 valence electrons. The van der Waals surface area contributed by atoms with E-state index in [1.807, 2.05) is 35.7 Å². The molecule has 4 heteroatoms. The lowest BCUT2D eigenvalue weighted by atomic mass is 10.0. The average Bonchev–Trinajstić information content (AvgIpc) is 2.84. The van der Waals surface area contributed by atoms with Gasteiger partial charge in [0.1, 0.15) is 6.10 Å². The third kappa shape index (κ3) is 2.01. The fourth-order valence-corrected chi connectivity index (χ4v) is 3.07. The molecule has 2 nitrogen and oxygen atoms in total. The first-order valence-corrected chi connectivity index (χ1v) is 6.77. The van der Waals surface area contributed by atoms with E-state index in [4.69, 9.17) is 11.6 Å². The number of benzene rings is 1. The lowest BCUT2D eigenvalue weighted by molar-refractivity contribution is 0.226. The molecule has 0 fully saturated rings. The Bertz CT molecular complexity index is 690. The molecule has 0 aliphatic heterocycles. The van der Waals surface area contributed by atoms with Crippen molar-refractivity contribution in [2.24, 2.45) is 0 Å². The number of nitrogens with zero attached hydrogens (tertiary/aromatic N) is 1. The molecule has 0 radical (unpaired) electrons. The molecule has 1 aromatic carbocycles. The summed E-state index contributed by atoms with van der Waals surface area (Å²) in [7, 11) is 0. The Morgan fingerprint density at radius 3 is 2.89 bits per heavy atom. The minimum atomic E-state index is -0.657. The second-order valence-electron chi connectivity index (χ2n) is 3.99. The van der Waals surface area contributed by atoms with Gasteiger partial charge in [-0.15, -0.1) is 11.3 Å². The van der Waals surface area contributed by atoms with Gasteiger partial charge in [-0.2, -0.15) is 0 Å². The standard InChI is InChI=1S/C14H10ClNOS/c15-9-7-13(18-8-9)14(17)11-3-1-5-12-10(11)4-2-6-16-12/h1-8,14,17H. The summed E-state index contributed by atoms with van der Waals surface area (Å²) in [4.78, 5) is 5.13. The van der Waals surface area contributed by atoms with Crippen LogP contribution in [0.5, 0.6) is 0 Å². The first-order valence-electron chi connectivity index (χ1n) is 5.51. The fourth-order valence-electron chi connectivity index (χ4n) is 1.99. The van der Waals surface area contributed by atoms with Crippen LogP contribution in [0, 0.1) is 0 Å². The predicted molar refractivity (Wildman–Crippen MR) is 75.1 cm³/mol. The summed E-state index contributed by atoms with van der Waals surface area (Å²) in [6.45, 7) is 0. The molecule has 2 aromatic heterocycles. The van der Waals surface area contributed by atoms with Gasteiger partial charge in [0.2, 0.25) is 0 Å². The second kappa shape index (κ2) is 4.69. The number of aromatic nitrogens is 1. The third-order valence-electron chi connectivity index (χ3n) is 2.83. The van der Waals surface area contributed by atoms with Crippen LogP contribution in [-0.2, 0) is 0 Å². The Morgan fingerprint density at radius 2 is 2.11 bits per heavy atom. The molecule has 1 unspecified atom stereocenters. The first-order chi connectivity index (χ1) is 8.75. The number of aliphatic hydroxyl groups is 1. The van der Waals surface area contributed by atoms with E-state index in [1.165, 1.54) is 11.3 Å². The van der Waals surface area contributed by atoms with E-state index in [2.05, 4.69) is 4.98 Å². The van der Waals surface area contributed by atoms with Gasteiger partial charge in [0.15, 0.2) is 0 Å². The van der Waals surface area contributed by atoms with Crippen molar-refractivity contribution < 1.29 is 5.11 Å². The van der Waals surface area contributed by atoms with Crippen molar-refractivity contribution in [3.05, 3.63) is 63.4 Å². The van der Waals surface area contributed by atoms with E-state index in [1.54, 1.807) is 12.3 Å². The fraction of sp³-hybridized carbons (Fsp3) is 0.0714. The van der Waals surface area contributed by atoms with E-state index < -0.39 is 6.10 Å². The van der Waals surface area contributed by atoms with Gasteiger partial charge in [-0.25, -0.2) is 0 Å². The Balaban J connectivity index is 2.14. The molecule has 0 spiro atoms. The number of fused-ring (bicyclic) bond motifs is 1. The molecule has 18 heavy (non-hydrogen) atoms. The summed E-state index contributed by atoms with van der Waals surface area (Å²) in [5.41, 5.74) is 1.75. The van der Waals surface area contributed by atoms with Gasteiger partial charge in [0.25, 0.3) is 0 Å². The molecule has 0 aliphatic carbocycles. The first kappa shape index (κ1) is 11.7. The van der Waals surface area contributed by atoms with Crippen molar-refractivity contribution in [3.8, 4) is 0 Å². The van der Waals surface area contributed by atoms with E-state index >= 15 is 0 Å². The average molecular weight is 276 g/mol. The van der Waals surface area contributed by atoms with E-state index in [-0.39, 0.29) is 0 Å². The van der Waals surface area contributed by atoms with Gasteiger partial charge >= 0.3 is 0 Å². The normalized spacial score (nSPS) is 12.8. The van der Waals surface area contributed by atoms with E-state index in [0.29, 0.717) is 5.02 Å². The van der Waals surface area contributed by atoms with Crippen LogP contribution < -0.4 is 0 Å². The SMILES string of the molecule is OC(c1cc(Cl)cs1)c1cccc2ncccc12. The zero-order chi connectivity index (χ0) is 12.5. The molecule has 1 atom stereocenters. The molecular weight excluding hydrogens is 266 g/mol. The largest absolute Gasteiger partial charge is 0.383 e. The molecule has 0 amide bonds. The Morgan fingerprint density at radius 1 is 1.22 bits per heavy atom. The highest BCUT2D eigenvalue weighted by molar-refractivity contribution is 7.10. The number of halogens is 1. The number of rotatable bonds is 2. The summed E-state index contributed by atoms with van der Waals surface area (Å²) < 4.78 is 0. The van der Waals surface area contributed by atoms with Crippen molar-refractivity contribution >= 4 is 33.8 Å². The number of hydrogen-bond acceptors (Lipinski definition) is 3. The Hall–Kier alpha value is -1.42. The van der Waals surface area contributed by atoms with Crippen molar-refractivity contribution in [1.29, 1.82) is 0 Å². The second-order valence-corrected chi connectivity index (χ2v) is 5.37. The van der Waals surface area contributed by atoms with Crippen molar-refractivity contribution in [3.63, 3.8) is 0 Å². The van der Waals surface area contributed by atoms with Gasteiger partial charge in [-0.05, 0) is 23.8 Å². The smallest absolute Gasteiger partial charge is 0.114 e. The monoisotopic (exact) mass is 275 g/mol. The van der Waals surface area contributed by atoms with Crippen LogP contribution in [0.4, 0.5) is 0 Å². The van der Waals surface area contributed by atoms with Gasteiger partial charge < -0.3 is 5.11 Å². The van der Waals surface area contributed by atoms with E-state index in [9.17, 15) is 5.11 Å². The highest BCUT2D eigenvalue weighted by Crippen LogP contribution is 2.32. The zero-order valence-corrected chi connectivity index (χ0v) is 10.9. The quantitative estimate of drug-likeness (QED) is 0.766. The number of hydrogen-bond donors (Lipinski definition) is 1. The van der Waals surface area contributed by atoms with Gasteiger partial charge in [-0.1, -0.05) is 29.8 Å². The predicted octanol–water partition coefficient (Wildman–Crippen LogP) is 4.03. The maximum Gasteiger partial charge on any atom is 0.114 e. The van der Waals surface area contributed by atoms with Crippen LogP contribution >= 0.6 is 22.9 Å². The third-order valence-corrected chi connectivity index (χ3v) is 4.16. The molecule has 0 saturated carbocycles. The minimum absolute atomic E-state index is 0.657. The molecule has 0 aliphatic rings. The molecule has 0 saturated heterocycles. The van der Waals surface area contributed by atoms with Gasteiger partial charge in [-0.3, -0.25) is 4.98 Å². The zero-order valence-electron chi connectivity index (χ0n) is 9.38. The molecule has 1 N–H and O–H groups in total. The number of thiophene rings is 1. The van der Waals surface area contributed by atoms with Gasteiger partial charge in [0.05, 0.1) is 10.5 Å². The van der Waals surface area contributed by atoms with Crippen molar-refractivity contribution in [2.75, 3.05) is 0 Å². The highest BCUT2D eigenvalue weighted by Gasteiger charge is 2.15. The molecule has 0 bridgehead atoms. The Kier molecular flexibility index (Phi) is 3.04. The summed E-state index contributed by atoms with van der Waals surface area (Å²) in [5.74, 6) is 0.